The Balaban J connectivity index is 1.57. The van der Waals surface area contributed by atoms with E-state index in [0.29, 0.717) is 13.0 Å². The number of nitrogens with zero attached hydrogens (tertiary/aromatic N) is 1. The van der Waals surface area contributed by atoms with Gasteiger partial charge in [-0.2, -0.15) is 0 Å². The molecule has 0 spiro atoms. The number of halogens is 1. The first-order chi connectivity index (χ1) is 11.3. The van der Waals surface area contributed by atoms with Gasteiger partial charge in [0.2, 0.25) is 5.91 Å². The van der Waals surface area contributed by atoms with Crippen LogP contribution in [0.2, 0.25) is 5.02 Å². The fourth-order valence-electron chi connectivity index (χ4n) is 2.89. The zero-order valence-corrected chi connectivity index (χ0v) is 15.7. The van der Waals surface area contributed by atoms with Crippen molar-refractivity contribution < 1.29 is 13.2 Å². The van der Waals surface area contributed by atoms with Gasteiger partial charge in [-0.05, 0) is 19.5 Å². The Morgan fingerprint density at radius 2 is 2.17 bits per heavy atom. The highest BCUT2D eigenvalue weighted by Gasteiger charge is 2.29. The van der Waals surface area contributed by atoms with E-state index < -0.39 is 9.84 Å². The second kappa shape index (κ2) is 7.00. The summed E-state index contributed by atoms with van der Waals surface area (Å²) in [4.78, 5) is 15.0. The fraction of sp³-hybridized carbons (Fsp3) is 0.438. The third kappa shape index (κ3) is 4.08. The molecular formula is C16H19ClN2O3S2. The van der Waals surface area contributed by atoms with E-state index >= 15 is 0 Å². The molecule has 5 nitrogen and oxygen atoms in total. The highest BCUT2D eigenvalue weighted by atomic mass is 35.5. The number of nitrogens with one attached hydrogen (secondary N) is 1. The van der Waals surface area contributed by atoms with Crippen molar-refractivity contribution in [3.63, 3.8) is 0 Å². The van der Waals surface area contributed by atoms with Gasteiger partial charge >= 0.3 is 0 Å². The summed E-state index contributed by atoms with van der Waals surface area (Å²) in [6.45, 7) is 0.787. The van der Waals surface area contributed by atoms with Crippen molar-refractivity contribution in [2.45, 2.75) is 19.0 Å². The zero-order valence-electron chi connectivity index (χ0n) is 13.3. The Bertz CT molecular complexity index is 863. The van der Waals surface area contributed by atoms with Crippen LogP contribution in [0, 0.1) is 0 Å². The van der Waals surface area contributed by atoms with E-state index in [2.05, 4.69) is 5.32 Å². The summed E-state index contributed by atoms with van der Waals surface area (Å²) in [6, 6.07) is 7.69. The fourth-order valence-corrected chi connectivity index (χ4v) is 6.14. The molecule has 8 heteroatoms. The van der Waals surface area contributed by atoms with E-state index in [-0.39, 0.29) is 30.0 Å². The molecule has 0 bridgehead atoms. The molecule has 1 aliphatic heterocycles. The topological polar surface area (TPSA) is 66.5 Å². The van der Waals surface area contributed by atoms with E-state index in [0.717, 1.165) is 20.0 Å². The first kappa shape index (κ1) is 17.7. The SMILES string of the molecule is CN(CC(=O)NC1CCS(=O)(=O)C1)Cc1sc2ccccc2c1Cl. The van der Waals surface area contributed by atoms with Crippen LogP contribution in [-0.2, 0) is 21.2 Å². The van der Waals surface area contributed by atoms with Crippen molar-refractivity contribution >= 4 is 48.8 Å². The molecule has 1 aromatic heterocycles. The lowest BCUT2D eigenvalue weighted by molar-refractivity contribution is -0.122. The molecule has 2 heterocycles. The number of rotatable bonds is 5. The summed E-state index contributed by atoms with van der Waals surface area (Å²) in [5, 5.41) is 4.58. The van der Waals surface area contributed by atoms with Gasteiger partial charge in [0.05, 0.1) is 23.1 Å². The van der Waals surface area contributed by atoms with Gasteiger partial charge < -0.3 is 5.32 Å². The van der Waals surface area contributed by atoms with Gasteiger partial charge in [-0.1, -0.05) is 29.8 Å². The van der Waals surface area contributed by atoms with Gasteiger partial charge in [0.25, 0.3) is 0 Å². The van der Waals surface area contributed by atoms with Crippen LogP contribution in [0.4, 0.5) is 0 Å². The summed E-state index contributed by atoms with van der Waals surface area (Å²) in [7, 11) is -1.13. The standard InChI is InChI=1S/C16H19ClN2O3S2/c1-19(9-15(20)18-11-6-7-24(21,22)10-11)8-14-16(17)12-4-2-3-5-13(12)23-14/h2-5,11H,6-10H2,1H3,(H,18,20). The first-order valence-corrected chi connectivity index (χ1v) is 10.7. The monoisotopic (exact) mass is 386 g/mol. The van der Waals surface area contributed by atoms with Gasteiger partial charge in [-0.25, -0.2) is 8.42 Å². The van der Waals surface area contributed by atoms with Gasteiger partial charge in [-0.3, -0.25) is 9.69 Å². The van der Waals surface area contributed by atoms with Crippen molar-refractivity contribution in [1.29, 1.82) is 0 Å². The summed E-state index contributed by atoms with van der Waals surface area (Å²) in [5.41, 5.74) is 0. The Morgan fingerprint density at radius 1 is 1.42 bits per heavy atom. The van der Waals surface area contributed by atoms with Crippen LogP contribution >= 0.6 is 22.9 Å². The molecule has 24 heavy (non-hydrogen) atoms. The van der Waals surface area contributed by atoms with E-state index in [4.69, 9.17) is 11.6 Å². The van der Waals surface area contributed by atoms with Crippen molar-refractivity contribution in [1.82, 2.24) is 10.2 Å². The minimum atomic E-state index is -2.98. The van der Waals surface area contributed by atoms with E-state index in [1.54, 1.807) is 11.3 Å². The number of carbonyl (C=O) groups excluding carboxylic acids is 1. The van der Waals surface area contributed by atoms with E-state index in [1.807, 2.05) is 36.2 Å². The Morgan fingerprint density at radius 3 is 2.83 bits per heavy atom. The third-order valence-corrected chi connectivity index (χ3v) is 7.49. The van der Waals surface area contributed by atoms with Crippen molar-refractivity contribution in [2.24, 2.45) is 0 Å². The maximum Gasteiger partial charge on any atom is 0.234 e. The number of likely N-dealkylation sites (N-methyl/N-ethyl adjacent to an activating group) is 1. The molecule has 3 rings (SSSR count). The first-order valence-electron chi connectivity index (χ1n) is 7.68. The van der Waals surface area contributed by atoms with Crippen LogP contribution in [-0.4, -0.2) is 50.4 Å². The smallest absolute Gasteiger partial charge is 0.234 e. The van der Waals surface area contributed by atoms with Crippen LogP contribution in [0.25, 0.3) is 10.1 Å². The largest absolute Gasteiger partial charge is 0.351 e. The number of hydrogen-bond donors (Lipinski definition) is 1. The summed E-state index contributed by atoms with van der Waals surface area (Å²) in [6.07, 6.45) is 0.500. The van der Waals surface area contributed by atoms with Gasteiger partial charge in [-0.15, -0.1) is 11.3 Å². The zero-order chi connectivity index (χ0) is 17.3. The second-order valence-corrected chi connectivity index (χ2v) is 9.92. The van der Waals surface area contributed by atoms with Gasteiger partial charge in [0.1, 0.15) is 0 Å². The molecule has 1 amide bonds. The molecule has 1 N–H and O–H groups in total. The molecule has 1 atom stereocenters. The Labute approximate surface area is 150 Å². The molecule has 2 aromatic rings. The number of fused-ring (bicyclic) bond motifs is 1. The number of thiophene rings is 1. The number of carbonyl (C=O) groups is 1. The van der Waals surface area contributed by atoms with Crippen LogP contribution in [0.1, 0.15) is 11.3 Å². The summed E-state index contributed by atoms with van der Waals surface area (Å²) in [5.74, 6) is 0.0484. The molecule has 1 saturated heterocycles. The molecular weight excluding hydrogens is 368 g/mol. The van der Waals surface area contributed by atoms with Crippen molar-refractivity contribution in [2.75, 3.05) is 25.1 Å². The molecule has 0 aliphatic carbocycles. The van der Waals surface area contributed by atoms with Crippen molar-refractivity contribution in [3.05, 3.63) is 34.2 Å². The van der Waals surface area contributed by atoms with E-state index in [1.165, 1.54) is 0 Å². The highest BCUT2D eigenvalue weighted by molar-refractivity contribution is 7.91. The average Bonchev–Trinajstić information content (AvgIpc) is 2.99. The minimum Gasteiger partial charge on any atom is -0.351 e. The van der Waals surface area contributed by atoms with Crippen LogP contribution in [0.3, 0.4) is 0 Å². The normalized spacial score (nSPS) is 19.9. The Hall–Kier alpha value is -1.15. The lowest BCUT2D eigenvalue weighted by Crippen LogP contribution is -2.41. The number of amides is 1. The van der Waals surface area contributed by atoms with Crippen LogP contribution < -0.4 is 5.32 Å². The lowest BCUT2D eigenvalue weighted by Gasteiger charge is -2.17. The molecule has 1 fully saturated rings. The summed E-state index contributed by atoms with van der Waals surface area (Å²) < 4.78 is 24.0. The predicted molar refractivity (Wildman–Crippen MR) is 98.4 cm³/mol. The van der Waals surface area contributed by atoms with Crippen molar-refractivity contribution in [3.8, 4) is 0 Å². The quantitative estimate of drug-likeness (QED) is 0.856. The minimum absolute atomic E-state index is 0.0462. The summed E-state index contributed by atoms with van der Waals surface area (Å²) >= 11 is 8.05. The number of sulfone groups is 1. The van der Waals surface area contributed by atoms with Gasteiger partial charge in [0, 0.05) is 27.5 Å². The molecule has 1 aromatic carbocycles. The molecule has 1 aliphatic rings. The molecule has 130 valence electrons. The number of benzene rings is 1. The average molecular weight is 387 g/mol. The predicted octanol–water partition coefficient (Wildman–Crippen LogP) is 2.29. The van der Waals surface area contributed by atoms with Crippen LogP contribution in [0.5, 0.6) is 0 Å². The number of hydrogen-bond acceptors (Lipinski definition) is 5. The second-order valence-electron chi connectivity index (χ2n) is 6.18. The van der Waals surface area contributed by atoms with Gasteiger partial charge in [0.15, 0.2) is 9.84 Å². The Kier molecular flexibility index (Phi) is 5.15. The third-order valence-electron chi connectivity index (χ3n) is 4.03. The molecule has 1 unspecified atom stereocenters. The molecule has 0 saturated carbocycles. The maximum absolute atomic E-state index is 12.1. The van der Waals surface area contributed by atoms with Crippen LogP contribution in [0.15, 0.2) is 24.3 Å². The van der Waals surface area contributed by atoms with E-state index in [9.17, 15) is 13.2 Å². The highest BCUT2D eigenvalue weighted by Crippen LogP contribution is 2.35. The lowest BCUT2D eigenvalue weighted by atomic mass is 10.2. The molecule has 0 radical (unpaired) electrons. The maximum atomic E-state index is 12.1.